The van der Waals surface area contributed by atoms with Crippen molar-refractivity contribution in [3.63, 3.8) is 0 Å². The lowest BCUT2D eigenvalue weighted by Crippen LogP contribution is -2.13. The van der Waals surface area contributed by atoms with E-state index in [1.54, 1.807) is 42.5 Å². The maximum Gasteiger partial charge on any atom is 0.136 e. The van der Waals surface area contributed by atoms with E-state index in [0.717, 1.165) is 5.56 Å². The normalized spacial score (nSPS) is 12.3. The standard InChI is InChI=1S/C15H15FO2S/c16-14-3-1-2-4-15(14)19-10-13(18)9-11-5-7-12(17)8-6-11/h1-8,13,17-18H,9-10H2. The predicted molar refractivity (Wildman–Crippen MR) is 74.9 cm³/mol. The summed E-state index contributed by atoms with van der Waals surface area (Å²) in [6, 6.07) is 13.3. The fourth-order valence-electron chi connectivity index (χ4n) is 1.71. The van der Waals surface area contributed by atoms with Gasteiger partial charge in [-0.25, -0.2) is 4.39 Å². The molecule has 0 heterocycles. The Balaban J connectivity index is 1.86. The van der Waals surface area contributed by atoms with Crippen molar-refractivity contribution in [1.82, 2.24) is 0 Å². The smallest absolute Gasteiger partial charge is 0.136 e. The van der Waals surface area contributed by atoms with Crippen molar-refractivity contribution in [2.75, 3.05) is 5.75 Å². The SMILES string of the molecule is Oc1ccc(CC(O)CSc2ccccc2F)cc1. The zero-order valence-electron chi connectivity index (χ0n) is 10.3. The van der Waals surface area contributed by atoms with Gasteiger partial charge in [0.05, 0.1) is 6.10 Å². The van der Waals surface area contributed by atoms with Crippen molar-refractivity contribution in [2.45, 2.75) is 17.4 Å². The molecule has 19 heavy (non-hydrogen) atoms. The Morgan fingerprint density at radius 1 is 1.05 bits per heavy atom. The average molecular weight is 278 g/mol. The molecule has 0 saturated heterocycles. The van der Waals surface area contributed by atoms with Gasteiger partial charge in [-0.3, -0.25) is 0 Å². The molecule has 0 aliphatic carbocycles. The number of rotatable bonds is 5. The van der Waals surface area contributed by atoms with E-state index in [1.165, 1.54) is 17.8 Å². The molecule has 2 aromatic rings. The second-order valence-electron chi connectivity index (χ2n) is 4.27. The van der Waals surface area contributed by atoms with Gasteiger partial charge in [0.25, 0.3) is 0 Å². The fraction of sp³-hybridized carbons (Fsp3) is 0.200. The molecule has 0 fully saturated rings. The van der Waals surface area contributed by atoms with E-state index < -0.39 is 6.10 Å². The van der Waals surface area contributed by atoms with Crippen molar-refractivity contribution < 1.29 is 14.6 Å². The van der Waals surface area contributed by atoms with Gasteiger partial charge in [0.15, 0.2) is 0 Å². The van der Waals surface area contributed by atoms with Gasteiger partial charge in [-0.2, -0.15) is 0 Å². The van der Waals surface area contributed by atoms with Crippen LogP contribution in [0.1, 0.15) is 5.56 Å². The molecule has 1 unspecified atom stereocenters. The number of hydrogen-bond donors (Lipinski definition) is 2. The predicted octanol–water partition coefficient (Wildman–Crippen LogP) is 3.23. The Morgan fingerprint density at radius 2 is 1.74 bits per heavy atom. The highest BCUT2D eigenvalue weighted by atomic mass is 32.2. The highest BCUT2D eigenvalue weighted by Crippen LogP contribution is 2.22. The van der Waals surface area contributed by atoms with Crippen LogP contribution < -0.4 is 0 Å². The van der Waals surface area contributed by atoms with E-state index in [9.17, 15) is 9.50 Å². The lowest BCUT2D eigenvalue weighted by atomic mass is 10.1. The molecule has 1 atom stereocenters. The lowest BCUT2D eigenvalue weighted by molar-refractivity contribution is 0.200. The first kappa shape index (κ1) is 13.9. The van der Waals surface area contributed by atoms with Gasteiger partial charge in [0.2, 0.25) is 0 Å². The first-order chi connectivity index (χ1) is 9.15. The molecule has 0 radical (unpaired) electrons. The van der Waals surface area contributed by atoms with Crippen LogP contribution in [0.2, 0.25) is 0 Å². The van der Waals surface area contributed by atoms with Crippen LogP contribution in [0.3, 0.4) is 0 Å². The van der Waals surface area contributed by atoms with Crippen LogP contribution in [-0.2, 0) is 6.42 Å². The van der Waals surface area contributed by atoms with E-state index in [2.05, 4.69) is 0 Å². The first-order valence-electron chi connectivity index (χ1n) is 5.98. The van der Waals surface area contributed by atoms with Gasteiger partial charge < -0.3 is 10.2 Å². The largest absolute Gasteiger partial charge is 0.508 e. The minimum atomic E-state index is -0.547. The van der Waals surface area contributed by atoms with E-state index in [1.807, 2.05) is 0 Å². The molecule has 2 aromatic carbocycles. The number of benzene rings is 2. The molecule has 0 aliphatic rings. The molecular weight excluding hydrogens is 263 g/mol. The van der Waals surface area contributed by atoms with Gasteiger partial charge >= 0.3 is 0 Å². The summed E-state index contributed by atoms with van der Waals surface area (Å²) in [6.45, 7) is 0. The third-order valence-electron chi connectivity index (χ3n) is 2.68. The molecule has 2 nitrogen and oxygen atoms in total. The molecule has 0 saturated carbocycles. The van der Waals surface area contributed by atoms with E-state index >= 15 is 0 Å². The minimum absolute atomic E-state index is 0.207. The zero-order valence-corrected chi connectivity index (χ0v) is 11.1. The van der Waals surface area contributed by atoms with Crippen molar-refractivity contribution >= 4 is 11.8 Å². The Hall–Kier alpha value is -1.52. The number of halogens is 1. The van der Waals surface area contributed by atoms with Gasteiger partial charge in [0, 0.05) is 10.6 Å². The summed E-state index contributed by atoms with van der Waals surface area (Å²) in [5.41, 5.74) is 0.944. The number of aliphatic hydroxyl groups excluding tert-OH is 1. The number of thioether (sulfide) groups is 1. The van der Waals surface area contributed by atoms with Crippen LogP contribution >= 0.6 is 11.8 Å². The number of phenols is 1. The van der Waals surface area contributed by atoms with E-state index in [4.69, 9.17) is 5.11 Å². The maximum absolute atomic E-state index is 13.4. The molecular formula is C15H15FO2S. The van der Waals surface area contributed by atoms with Crippen molar-refractivity contribution in [3.8, 4) is 5.75 Å². The average Bonchev–Trinajstić information content (AvgIpc) is 2.40. The summed E-state index contributed by atoms with van der Waals surface area (Å²) >= 11 is 1.30. The summed E-state index contributed by atoms with van der Waals surface area (Å²) in [5, 5.41) is 19.1. The molecule has 4 heteroatoms. The molecule has 0 bridgehead atoms. The van der Waals surface area contributed by atoms with Crippen LogP contribution in [0.25, 0.3) is 0 Å². The van der Waals surface area contributed by atoms with Crippen LogP contribution in [0, 0.1) is 5.82 Å². The second-order valence-corrected chi connectivity index (χ2v) is 5.33. The molecule has 2 N–H and O–H groups in total. The highest BCUT2D eigenvalue weighted by Gasteiger charge is 2.08. The first-order valence-corrected chi connectivity index (χ1v) is 6.97. The van der Waals surface area contributed by atoms with Gasteiger partial charge in [-0.15, -0.1) is 11.8 Å². The fourth-order valence-corrected chi connectivity index (χ4v) is 2.58. The number of aromatic hydroxyl groups is 1. The van der Waals surface area contributed by atoms with Crippen molar-refractivity contribution in [1.29, 1.82) is 0 Å². The molecule has 0 spiro atoms. The van der Waals surface area contributed by atoms with Gasteiger partial charge in [-0.1, -0.05) is 24.3 Å². The zero-order chi connectivity index (χ0) is 13.7. The number of hydrogen-bond acceptors (Lipinski definition) is 3. The summed E-state index contributed by atoms with van der Waals surface area (Å²) in [6.07, 6.45) is -0.0593. The summed E-state index contributed by atoms with van der Waals surface area (Å²) in [7, 11) is 0. The van der Waals surface area contributed by atoms with Crippen molar-refractivity contribution in [2.24, 2.45) is 0 Å². The van der Waals surface area contributed by atoms with Crippen LogP contribution in [0.5, 0.6) is 5.75 Å². The Bertz CT molecular complexity index is 528. The Kier molecular flexibility index (Phi) is 4.82. The third-order valence-corrected chi connectivity index (χ3v) is 3.87. The van der Waals surface area contributed by atoms with E-state index in [-0.39, 0.29) is 11.6 Å². The quantitative estimate of drug-likeness (QED) is 0.825. The van der Waals surface area contributed by atoms with Crippen molar-refractivity contribution in [3.05, 3.63) is 59.9 Å². The Morgan fingerprint density at radius 3 is 2.42 bits per heavy atom. The molecule has 2 rings (SSSR count). The summed E-state index contributed by atoms with van der Waals surface area (Å²) in [4.78, 5) is 0.548. The third kappa shape index (κ3) is 4.26. The number of aliphatic hydroxyl groups is 1. The topological polar surface area (TPSA) is 40.5 Å². The molecule has 0 aliphatic heterocycles. The van der Waals surface area contributed by atoms with Crippen LogP contribution in [0.4, 0.5) is 4.39 Å². The monoisotopic (exact) mass is 278 g/mol. The summed E-state index contributed by atoms with van der Waals surface area (Å²) < 4.78 is 13.4. The maximum atomic E-state index is 13.4. The van der Waals surface area contributed by atoms with Crippen LogP contribution in [0.15, 0.2) is 53.4 Å². The Labute approximate surface area is 115 Å². The molecule has 100 valence electrons. The highest BCUT2D eigenvalue weighted by molar-refractivity contribution is 7.99. The minimum Gasteiger partial charge on any atom is -0.508 e. The second kappa shape index (κ2) is 6.59. The lowest BCUT2D eigenvalue weighted by Gasteiger charge is -2.10. The summed E-state index contributed by atoms with van der Waals surface area (Å²) in [5.74, 6) is 0.380. The molecule has 0 amide bonds. The van der Waals surface area contributed by atoms with Crippen LogP contribution in [-0.4, -0.2) is 22.1 Å². The van der Waals surface area contributed by atoms with E-state index in [0.29, 0.717) is 17.1 Å². The number of phenolic OH excluding ortho intramolecular Hbond substituents is 1. The van der Waals surface area contributed by atoms with Gasteiger partial charge in [-0.05, 0) is 36.2 Å². The molecule has 0 aromatic heterocycles. The van der Waals surface area contributed by atoms with Gasteiger partial charge in [0.1, 0.15) is 11.6 Å².